The Hall–Kier alpha value is -1.48. The van der Waals surface area contributed by atoms with Crippen LogP contribution < -0.4 is 0 Å². The molecule has 0 amide bonds. The number of methoxy groups -OCH3 is 1. The van der Waals surface area contributed by atoms with Crippen LogP contribution in [0.4, 0.5) is 0 Å². The van der Waals surface area contributed by atoms with Crippen molar-refractivity contribution in [3.05, 3.63) is 35.0 Å². The van der Waals surface area contributed by atoms with E-state index in [0.717, 1.165) is 16.5 Å². The van der Waals surface area contributed by atoms with Crippen LogP contribution in [-0.2, 0) is 9.53 Å². The molecule has 0 aliphatic carbocycles. The van der Waals surface area contributed by atoms with E-state index in [9.17, 15) is 4.79 Å². The zero-order chi connectivity index (χ0) is 12.4. The molecule has 0 saturated heterocycles. The Morgan fingerprint density at radius 2 is 2.29 bits per heavy atom. The molecule has 0 fully saturated rings. The van der Waals surface area contributed by atoms with Crippen molar-refractivity contribution in [2.24, 2.45) is 0 Å². The zero-order valence-electron chi connectivity index (χ0n) is 9.79. The van der Waals surface area contributed by atoms with Crippen molar-refractivity contribution >= 4 is 28.5 Å². The van der Waals surface area contributed by atoms with Gasteiger partial charge in [-0.05, 0) is 23.6 Å². The third-order valence-electron chi connectivity index (χ3n) is 2.91. The predicted octanol–water partition coefficient (Wildman–Crippen LogP) is 3.49. The first kappa shape index (κ1) is 12.0. The molecule has 1 N–H and O–H groups in total. The Labute approximate surface area is 105 Å². The molecule has 2 rings (SSSR count). The summed E-state index contributed by atoms with van der Waals surface area (Å²) in [6.07, 6.45) is 2.31. The molecule has 0 spiro atoms. The van der Waals surface area contributed by atoms with Gasteiger partial charge in [-0.1, -0.05) is 24.6 Å². The highest BCUT2D eigenvalue weighted by molar-refractivity contribution is 6.31. The molecule has 2 aromatic rings. The Bertz CT molecular complexity index is 547. The fraction of sp³-hybridized carbons (Fsp3) is 0.308. The van der Waals surface area contributed by atoms with E-state index in [4.69, 9.17) is 11.6 Å². The van der Waals surface area contributed by atoms with Crippen molar-refractivity contribution in [2.45, 2.75) is 19.3 Å². The summed E-state index contributed by atoms with van der Waals surface area (Å²) in [6.45, 7) is 2.01. The van der Waals surface area contributed by atoms with Crippen molar-refractivity contribution in [3.63, 3.8) is 0 Å². The molecule has 0 unspecified atom stereocenters. The first-order valence-corrected chi connectivity index (χ1v) is 5.83. The average molecular weight is 252 g/mol. The lowest BCUT2D eigenvalue weighted by Crippen LogP contribution is -2.05. The van der Waals surface area contributed by atoms with Gasteiger partial charge in [-0.3, -0.25) is 4.79 Å². The number of nitrogens with one attached hydrogen (secondary N) is 1. The van der Waals surface area contributed by atoms with Crippen molar-refractivity contribution in [2.75, 3.05) is 7.11 Å². The molecule has 1 atom stereocenters. The number of benzene rings is 1. The van der Waals surface area contributed by atoms with E-state index >= 15 is 0 Å². The second-order valence-corrected chi connectivity index (χ2v) is 4.55. The highest BCUT2D eigenvalue weighted by atomic mass is 35.5. The molecular formula is C13H14ClNO2. The van der Waals surface area contributed by atoms with Crippen molar-refractivity contribution in [1.29, 1.82) is 0 Å². The number of halogens is 1. The minimum atomic E-state index is -0.194. The minimum absolute atomic E-state index is 0.123. The summed E-state index contributed by atoms with van der Waals surface area (Å²) in [5.41, 5.74) is 2.10. The lowest BCUT2D eigenvalue weighted by atomic mass is 9.97. The molecule has 0 bridgehead atoms. The molecular weight excluding hydrogens is 238 g/mol. The second-order valence-electron chi connectivity index (χ2n) is 4.12. The van der Waals surface area contributed by atoms with Crippen LogP contribution in [0.5, 0.6) is 0 Å². The molecule has 4 heteroatoms. The van der Waals surface area contributed by atoms with E-state index in [0.29, 0.717) is 11.4 Å². The Kier molecular flexibility index (Phi) is 3.38. The first-order valence-electron chi connectivity index (χ1n) is 5.45. The Balaban J connectivity index is 2.32. The number of carbonyl (C=O) groups excluding carboxylic acids is 1. The summed E-state index contributed by atoms with van der Waals surface area (Å²) in [5.74, 6) is -0.0711. The normalized spacial score (nSPS) is 12.6. The van der Waals surface area contributed by atoms with Gasteiger partial charge >= 0.3 is 5.97 Å². The molecule has 17 heavy (non-hydrogen) atoms. The molecule has 1 heterocycles. The summed E-state index contributed by atoms with van der Waals surface area (Å²) in [5, 5.41) is 1.80. The molecule has 0 aliphatic heterocycles. The van der Waals surface area contributed by atoms with E-state index in [1.54, 1.807) is 0 Å². The van der Waals surface area contributed by atoms with E-state index in [1.807, 2.05) is 31.3 Å². The summed E-state index contributed by atoms with van der Waals surface area (Å²) in [6, 6.07) is 5.70. The van der Waals surface area contributed by atoms with E-state index in [2.05, 4.69) is 9.72 Å². The number of H-pyrrole nitrogens is 1. The van der Waals surface area contributed by atoms with Gasteiger partial charge in [0.15, 0.2) is 0 Å². The van der Waals surface area contributed by atoms with Gasteiger partial charge in [-0.15, -0.1) is 0 Å². The van der Waals surface area contributed by atoms with Gasteiger partial charge in [-0.2, -0.15) is 0 Å². The average Bonchev–Trinajstić information content (AvgIpc) is 2.71. The fourth-order valence-corrected chi connectivity index (χ4v) is 2.14. The minimum Gasteiger partial charge on any atom is -0.469 e. The van der Waals surface area contributed by atoms with E-state index in [1.165, 1.54) is 7.11 Å². The molecule has 0 saturated carbocycles. The number of hydrogen-bond donors (Lipinski definition) is 1. The summed E-state index contributed by atoms with van der Waals surface area (Å²) in [4.78, 5) is 14.4. The fourth-order valence-electron chi connectivity index (χ4n) is 1.97. The molecule has 1 aromatic carbocycles. The quantitative estimate of drug-likeness (QED) is 0.849. The number of ether oxygens (including phenoxy) is 1. The van der Waals surface area contributed by atoms with Crippen molar-refractivity contribution < 1.29 is 9.53 Å². The smallest absolute Gasteiger partial charge is 0.306 e. The standard InChI is InChI=1S/C13H14ClNO2/c1-8(5-13(16)17-2)11-7-15-12-6-9(14)3-4-10(11)12/h3-4,6-8,15H,5H2,1-2H3/t8-/m0/s1. The van der Waals surface area contributed by atoms with E-state index < -0.39 is 0 Å². The Morgan fingerprint density at radius 1 is 1.53 bits per heavy atom. The number of aromatic amines is 1. The first-order chi connectivity index (χ1) is 8.11. The molecule has 3 nitrogen and oxygen atoms in total. The van der Waals surface area contributed by atoms with Crippen LogP contribution in [0.1, 0.15) is 24.8 Å². The predicted molar refractivity (Wildman–Crippen MR) is 68.4 cm³/mol. The monoisotopic (exact) mass is 251 g/mol. The van der Waals surface area contributed by atoms with Gasteiger partial charge in [0.25, 0.3) is 0 Å². The maximum Gasteiger partial charge on any atom is 0.306 e. The molecule has 1 aromatic heterocycles. The van der Waals surface area contributed by atoms with Crippen LogP contribution in [0.15, 0.2) is 24.4 Å². The van der Waals surface area contributed by atoms with Crippen LogP contribution in [-0.4, -0.2) is 18.1 Å². The largest absolute Gasteiger partial charge is 0.469 e. The lowest BCUT2D eigenvalue weighted by molar-refractivity contribution is -0.140. The van der Waals surface area contributed by atoms with E-state index in [-0.39, 0.29) is 11.9 Å². The van der Waals surface area contributed by atoms with Gasteiger partial charge in [-0.25, -0.2) is 0 Å². The number of hydrogen-bond acceptors (Lipinski definition) is 2. The van der Waals surface area contributed by atoms with Crippen LogP contribution in [0.25, 0.3) is 10.9 Å². The molecule has 0 radical (unpaired) electrons. The number of rotatable bonds is 3. The SMILES string of the molecule is COC(=O)C[C@H](C)c1c[nH]c2cc(Cl)ccc12. The van der Waals surface area contributed by atoms with Gasteiger partial charge in [0.05, 0.1) is 13.5 Å². The van der Waals surface area contributed by atoms with Crippen LogP contribution in [0, 0.1) is 0 Å². The van der Waals surface area contributed by atoms with Crippen LogP contribution in [0.2, 0.25) is 5.02 Å². The van der Waals surface area contributed by atoms with Crippen LogP contribution in [0.3, 0.4) is 0 Å². The second kappa shape index (κ2) is 4.80. The zero-order valence-corrected chi connectivity index (χ0v) is 10.5. The lowest BCUT2D eigenvalue weighted by Gasteiger charge is -2.08. The van der Waals surface area contributed by atoms with Gasteiger partial charge in [0.1, 0.15) is 0 Å². The highest BCUT2D eigenvalue weighted by Crippen LogP contribution is 2.29. The molecule has 0 aliphatic rings. The third-order valence-corrected chi connectivity index (χ3v) is 3.14. The number of carbonyl (C=O) groups is 1. The maximum absolute atomic E-state index is 11.3. The van der Waals surface area contributed by atoms with Gasteiger partial charge in [0, 0.05) is 22.1 Å². The number of fused-ring (bicyclic) bond motifs is 1. The van der Waals surface area contributed by atoms with Crippen molar-refractivity contribution in [1.82, 2.24) is 4.98 Å². The third kappa shape index (κ3) is 2.44. The highest BCUT2D eigenvalue weighted by Gasteiger charge is 2.15. The molecule has 90 valence electrons. The van der Waals surface area contributed by atoms with Crippen molar-refractivity contribution in [3.8, 4) is 0 Å². The topological polar surface area (TPSA) is 42.1 Å². The van der Waals surface area contributed by atoms with Crippen LogP contribution >= 0.6 is 11.6 Å². The van der Waals surface area contributed by atoms with Gasteiger partial charge < -0.3 is 9.72 Å². The number of esters is 1. The van der Waals surface area contributed by atoms with Gasteiger partial charge in [0.2, 0.25) is 0 Å². The summed E-state index contributed by atoms with van der Waals surface area (Å²) < 4.78 is 4.68. The summed E-state index contributed by atoms with van der Waals surface area (Å²) in [7, 11) is 1.41. The number of aromatic nitrogens is 1. The Morgan fingerprint density at radius 3 is 3.00 bits per heavy atom. The maximum atomic E-state index is 11.3. The summed E-state index contributed by atoms with van der Waals surface area (Å²) >= 11 is 5.92.